The summed E-state index contributed by atoms with van der Waals surface area (Å²) in [6, 6.07) is 4.17. The highest BCUT2D eigenvalue weighted by molar-refractivity contribution is 5.44. The van der Waals surface area contributed by atoms with E-state index in [-0.39, 0.29) is 10.8 Å². The van der Waals surface area contributed by atoms with E-state index in [2.05, 4.69) is 46.8 Å². The molecule has 21 heavy (non-hydrogen) atoms. The summed E-state index contributed by atoms with van der Waals surface area (Å²) < 4.78 is 5.40. The van der Waals surface area contributed by atoms with Gasteiger partial charge in [-0.3, -0.25) is 0 Å². The molecule has 1 saturated carbocycles. The Labute approximate surface area is 129 Å². The van der Waals surface area contributed by atoms with E-state index in [1.165, 1.54) is 0 Å². The first-order chi connectivity index (χ1) is 9.48. The first-order valence-corrected chi connectivity index (χ1v) is 7.86. The Morgan fingerprint density at radius 3 is 1.90 bits per heavy atom. The summed E-state index contributed by atoms with van der Waals surface area (Å²) in [7, 11) is 1.70. The molecule has 118 valence electrons. The molecule has 1 aromatic carbocycles. The highest BCUT2D eigenvalue weighted by atomic mass is 16.5. The third kappa shape index (κ3) is 3.26. The van der Waals surface area contributed by atoms with Crippen molar-refractivity contribution in [3.63, 3.8) is 0 Å². The number of ether oxygens (including phenoxy) is 1. The van der Waals surface area contributed by atoms with Crippen LogP contribution in [0.15, 0.2) is 12.1 Å². The highest BCUT2D eigenvalue weighted by Gasteiger charge is 2.47. The highest BCUT2D eigenvalue weighted by Crippen LogP contribution is 2.54. The predicted octanol–water partition coefficient (Wildman–Crippen LogP) is 4.74. The zero-order chi connectivity index (χ0) is 16.1. The Hall–Kier alpha value is -1.02. The van der Waals surface area contributed by atoms with Crippen LogP contribution in [0, 0.1) is 24.7 Å². The zero-order valence-electron chi connectivity index (χ0n) is 14.6. The Balaban J connectivity index is 2.51. The monoisotopic (exact) mass is 290 g/mol. The van der Waals surface area contributed by atoms with Crippen molar-refractivity contribution in [1.82, 2.24) is 0 Å². The average molecular weight is 290 g/mol. The van der Waals surface area contributed by atoms with Crippen LogP contribution >= 0.6 is 0 Å². The standard InChI is InChI=1S/C19H30O2/c1-13-9-16(21-7)14(2)8-15(13)19(20)11-17(3,4)10-18(5,6)12-19/h8-9,20H,10-12H2,1-7H3. The van der Waals surface area contributed by atoms with Crippen LogP contribution in [0.3, 0.4) is 0 Å². The van der Waals surface area contributed by atoms with Crippen molar-refractivity contribution in [2.24, 2.45) is 10.8 Å². The fourth-order valence-electron chi connectivity index (χ4n) is 4.77. The number of hydrogen-bond donors (Lipinski definition) is 1. The molecule has 0 radical (unpaired) electrons. The Morgan fingerprint density at radius 2 is 1.43 bits per heavy atom. The van der Waals surface area contributed by atoms with E-state index in [0.717, 1.165) is 41.7 Å². The molecular formula is C19H30O2. The van der Waals surface area contributed by atoms with E-state index in [1.807, 2.05) is 6.92 Å². The van der Waals surface area contributed by atoms with Gasteiger partial charge in [-0.15, -0.1) is 0 Å². The lowest BCUT2D eigenvalue weighted by Crippen LogP contribution is -2.44. The lowest BCUT2D eigenvalue weighted by molar-refractivity contribution is -0.0916. The van der Waals surface area contributed by atoms with Gasteiger partial charge >= 0.3 is 0 Å². The maximum atomic E-state index is 11.4. The number of aliphatic hydroxyl groups is 1. The molecule has 0 unspecified atom stereocenters. The van der Waals surface area contributed by atoms with Crippen LogP contribution in [0.25, 0.3) is 0 Å². The number of hydrogen-bond acceptors (Lipinski definition) is 2. The largest absolute Gasteiger partial charge is 0.496 e. The molecule has 2 rings (SSSR count). The number of methoxy groups -OCH3 is 1. The molecule has 1 N–H and O–H groups in total. The third-order valence-corrected chi connectivity index (χ3v) is 4.74. The summed E-state index contributed by atoms with van der Waals surface area (Å²) in [5.41, 5.74) is 2.84. The SMILES string of the molecule is COc1cc(C)c(C2(O)CC(C)(C)CC(C)(C)C2)cc1C. The van der Waals surface area contributed by atoms with Gasteiger partial charge in [-0.05, 0) is 72.8 Å². The molecule has 1 aliphatic rings. The molecule has 0 bridgehead atoms. The molecule has 1 aromatic rings. The molecular weight excluding hydrogens is 260 g/mol. The lowest BCUT2D eigenvalue weighted by atomic mass is 9.58. The van der Waals surface area contributed by atoms with Crippen molar-refractivity contribution in [1.29, 1.82) is 0 Å². The first-order valence-electron chi connectivity index (χ1n) is 7.86. The summed E-state index contributed by atoms with van der Waals surface area (Å²) in [6.45, 7) is 13.2. The maximum absolute atomic E-state index is 11.4. The molecule has 0 amide bonds. The van der Waals surface area contributed by atoms with Crippen LogP contribution in [0.4, 0.5) is 0 Å². The van der Waals surface area contributed by atoms with E-state index in [1.54, 1.807) is 7.11 Å². The topological polar surface area (TPSA) is 29.5 Å². The summed E-state index contributed by atoms with van der Waals surface area (Å²) in [6.07, 6.45) is 2.78. The molecule has 2 heteroatoms. The second-order valence-corrected chi connectivity index (χ2v) is 8.53. The van der Waals surface area contributed by atoms with Crippen molar-refractivity contribution in [3.8, 4) is 5.75 Å². The fourth-order valence-corrected chi connectivity index (χ4v) is 4.77. The van der Waals surface area contributed by atoms with Gasteiger partial charge < -0.3 is 9.84 Å². The van der Waals surface area contributed by atoms with E-state index in [0.29, 0.717) is 0 Å². The van der Waals surface area contributed by atoms with Gasteiger partial charge in [0.15, 0.2) is 0 Å². The van der Waals surface area contributed by atoms with E-state index in [4.69, 9.17) is 4.74 Å². The van der Waals surface area contributed by atoms with E-state index in [9.17, 15) is 5.11 Å². The van der Waals surface area contributed by atoms with Crippen molar-refractivity contribution in [3.05, 3.63) is 28.8 Å². The van der Waals surface area contributed by atoms with Gasteiger partial charge in [0.2, 0.25) is 0 Å². The zero-order valence-corrected chi connectivity index (χ0v) is 14.6. The van der Waals surface area contributed by atoms with Gasteiger partial charge in [-0.25, -0.2) is 0 Å². The van der Waals surface area contributed by atoms with Crippen molar-refractivity contribution >= 4 is 0 Å². The van der Waals surface area contributed by atoms with Crippen LogP contribution in [-0.2, 0) is 5.60 Å². The number of rotatable bonds is 2. The predicted molar refractivity (Wildman–Crippen MR) is 87.8 cm³/mol. The minimum atomic E-state index is -0.744. The maximum Gasteiger partial charge on any atom is 0.122 e. The van der Waals surface area contributed by atoms with E-state index >= 15 is 0 Å². The lowest BCUT2D eigenvalue weighted by Gasteiger charge is -2.50. The van der Waals surface area contributed by atoms with Gasteiger partial charge in [0, 0.05) is 0 Å². The normalized spacial score (nSPS) is 22.9. The van der Waals surface area contributed by atoms with Crippen LogP contribution < -0.4 is 4.74 Å². The Bertz CT molecular complexity index is 525. The molecule has 0 heterocycles. The van der Waals surface area contributed by atoms with Gasteiger partial charge in [0.1, 0.15) is 5.75 Å². The summed E-state index contributed by atoms with van der Waals surface area (Å²) in [5, 5.41) is 11.4. The second kappa shape index (κ2) is 5.01. The quantitative estimate of drug-likeness (QED) is 0.852. The van der Waals surface area contributed by atoms with Crippen LogP contribution in [-0.4, -0.2) is 12.2 Å². The number of aryl methyl sites for hydroxylation is 2. The third-order valence-electron chi connectivity index (χ3n) is 4.74. The van der Waals surface area contributed by atoms with Gasteiger partial charge in [0.25, 0.3) is 0 Å². The molecule has 2 nitrogen and oxygen atoms in total. The van der Waals surface area contributed by atoms with Crippen molar-refractivity contribution in [2.45, 2.75) is 66.4 Å². The molecule has 0 spiro atoms. The molecule has 0 saturated heterocycles. The van der Waals surface area contributed by atoms with Gasteiger partial charge in [0.05, 0.1) is 12.7 Å². The van der Waals surface area contributed by atoms with Gasteiger partial charge in [-0.2, -0.15) is 0 Å². The fraction of sp³-hybridized carbons (Fsp3) is 0.684. The molecule has 0 aromatic heterocycles. The molecule has 1 aliphatic carbocycles. The van der Waals surface area contributed by atoms with E-state index < -0.39 is 5.60 Å². The minimum absolute atomic E-state index is 0.150. The molecule has 1 fully saturated rings. The van der Waals surface area contributed by atoms with Crippen LogP contribution in [0.5, 0.6) is 5.75 Å². The smallest absolute Gasteiger partial charge is 0.122 e. The first kappa shape index (κ1) is 16.4. The minimum Gasteiger partial charge on any atom is -0.496 e. The summed E-state index contributed by atoms with van der Waals surface area (Å²) in [5.74, 6) is 0.897. The Morgan fingerprint density at radius 1 is 0.905 bits per heavy atom. The molecule has 0 aliphatic heterocycles. The summed E-state index contributed by atoms with van der Waals surface area (Å²) in [4.78, 5) is 0. The summed E-state index contributed by atoms with van der Waals surface area (Å²) >= 11 is 0. The molecule has 0 atom stereocenters. The van der Waals surface area contributed by atoms with Gasteiger partial charge in [-0.1, -0.05) is 27.7 Å². The van der Waals surface area contributed by atoms with Crippen LogP contribution in [0.2, 0.25) is 0 Å². The second-order valence-electron chi connectivity index (χ2n) is 8.53. The van der Waals surface area contributed by atoms with Crippen molar-refractivity contribution < 1.29 is 9.84 Å². The average Bonchev–Trinajstić information content (AvgIpc) is 2.26. The van der Waals surface area contributed by atoms with Crippen molar-refractivity contribution in [2.75, 3.05) is 7.11 Å². The van der Waals surface area contributed by atoms with Crippen LogP contribution in [0.1, 0.15) is 63.6 Å². The number of benzene rings is 1. The Kier molecular flexibility index (Phi) is 3.90.